The first kappa shape index (κ1) is 16.7. The van der Waals surface area contributed by atoms with Gasteiger partial charge in [0.15, 0.2) is 10.8 Å². The first-order chi connectivity index (χ1) is 12.6. The van der Waals surface area contributed by atoms with Crippen molar-refractivity contribution in [2.24, 2.45) is 0 Å². The van der Waals surface area contributed by atoms with Crippen LogP contribution in [-0.2, 0) is 16.6 Å². The van der Waals surface area contributed by atoms with E-state index in [2.05, 4.69) is 19.8 Å². The van der Waals surface area contributed by atoms with Crippen LogP contribution in [0.25, 0.3) is 21.3 Å². The molecule has 1 aromatic carbocycles. The third kappa shape index (κ3) is 2.85. The van der Waals surface area contributed by atoms with E-state index in [1.54, 1.807) is 0 Å². The highest BCUT2D eigenvalue weighted by molar-refractivity contribution is 7.92. The van der Waals surface area contributed by atoms with Crippen LogP contribution >= 0.6 is 11.3 Å². The van der Waals surface area contributed by atoms with Crippen LogP contribution in [0.1, 0.15) is 6.92 Å². The van der Waals surface area contributed by atoms with E-state index in [0.29, 0.717) is 11.9 Å². The Balaban J connectivity index is 1.84. The summed E-state index contributed by atoms with van der Waals surface area (Å²) in [6, 6.07) is 11.2. The van der Waals surface area contributed by atoms with E-state index in [1.807, 2.05) is 42.6 Å². The van der Waals surface area contributed by atoms with Crippen molar-refractivity contribution in [3.8, 4) is 11.1 Å². The zero-order chi connectivity index (χ0) is 18.1. The lowest BCUT2D eigenvalue weighted by molar-refractivity contribution is 0.558. The minimum absolute atomic E-state index is 0.100. The second kappa shape index (κ2) is 6.50. The number of rotatable bonds is 5. The van der Waals surface area contributed by atoms with Gasteiger partial charge in [-0.05, 0) is 18.6 Å². The molecule has 0 atom stereocenters. The lowest BCUT2D eigenvalue weighted by Crippen LogP contribution is -2.18. The quantitative estimate of drug-likeness (QED) is 0.569. The van der Waals surface area contributed by atoms with E-state index in [-0.39, 0.29) is 10.8 Å². The number of benzene rings is 1. The highest BCUT2D eigenvalue weighted by Gasteiger charge is 2.22. The van der Waals surface area contributed by atoms with Crippen molar-refractivity contribution in [2.45, 2.75) is 18.5 Å². The predicted molar refractivity (Wildman–Crippen MR) is 102 cm³/mol. The molecular weight excluding hydrogens is 370 g/mol. The average molecular weight is 385 g/mol. The zero-order valence-electron chi connectivity index (χ0n) is 13.8. The number of aromatic nitrogens is 4. The Morgan fingerprint density at radius 2 is 1.96 bits per heavy atom. The van der Waals surface area contributed by atoms with Crippen molar-refractivity contribution in [3.05, 3.63) is 54.3 Å². The monoisotopic (exact) mass is 385 g/mol. The fourth-order valence-corrected chi connectivity index (χ4v) is 4.87. The minimum Gasteiger partial charge on any atom is -0.261 e. The largest absolute Gasteiger partial charge is 0.280 e. The zero-order valence-corrected chi connectivity index (χ0v) is 15.5. The first-order valence-electron chi connectivity index (χ1n) is 7.92. The van der Waals surface area contributed by atoms with Crippen molar-refractivity contribution in [1.82, 2.24) is 19.7 Å². The number of hydrogen-bond donors (Lipinski definition) is 1. The standard InChI is InChI=1S/C17H15N5O2S2/c1-2-22-14(8-9-20-22)26(23,24)21-16-15-13(12-6-4-3-5-7-12)10-25-17(15)19-11-18-16/h3-11H,2H2,1H3,(H,18,19,21). The lowest BCUT2D eigenvalue weighted by Gasteiger charge is -2.10. The fraction of sp³-hybridized carbons (Fsp3) is 0.118. The van der Waals surface area contributed by atoms with Gasteiger partial charge in [0.25, 0.3) is 10.0 Å². The highest BCUT2D eigenvalue weighted by Crippen LogP contribution is 2.36. The van der Waals surface area contributed by atoms with Gasteiger partial charge in [-0.15, -0.1) is 11.3 Å². The van der Waals surface area contributed by atoms with Gasteiger partial charge in [0.1, 0.15) is 11.2 Å². The third-order valence-electron chi connectivity index (χ3n) is 3.94. The van der Waals surface area contributed by atoms with Gasteiger partial charge in [0.05, 0.1) is 11.6 Å². The van der Waals surface area contributed by atoms with E-state index in [0.717, 1.165) is 16.0 Å². The van der Waals surface area contributed by atoms with Crippen LogP contribution in [0.5, 0.6) is 0 Å². The summed E-state index contributed by atoms with van der Waals surface area (Å²) < 4.78 is 29.7. The van der Waals surface area contributed by atoms with Gasteiger partial charge < -0.3 is 0 Å². The molecule has 0 saturated heterocycles. The molecule has 26 heavy (non-hydrogen) atoms. The van der Waals surface area contributed by atoms with Crippen molar-refractivity contribution in [2.75, 3.05) is 4.72 Å². The van der Waals surface area contributed by atoms with Crippen molar-refractivity contribution in [1.29, 1.82) is 0 Å². The van der Waals surface area contributed by atoms with Gasteiger partial charge in [-0.25, -0.2) is 9.97 Å². The number of aryl methyl sites for hydroxylation is 1. The van der Waals surface area contributed by atoms with Crippen molar-refractivity contribution in [3.63, 3.8) is 0 Å². The average Bonchev–Trinajstić information content (AvgIpc) is 3.30. The molecule has 1 N–H and O–H groups in total. The number of nitrogens with zero attached hydrogens (tertiary/aromatic N) is 4. The summed E-state index contributed by atoms with van der Waals surface area (Å²) in [5, 5.41) is 6.78. The minimum atomic E-state index is -3.82. The van der Waals surface area contributed by atoms with Crippen LogP contribution in [0.3, 0.4) is 0 Å². The Bertz CT molecular complexity index is 1170. The van der Waals surface area contributed by atoms with Crippen LogP contribution < -0.4 is 4.72 Å². The summed E-state index contributed by atoms with van der Waals surface area (Å²) >= 11 is 1.45. The molecule has 4 rings (SSSR count). The van der Waals surface area contributed by atoms with Gasteiger partial charge in [0, 0.05) is 17.5 Å². The summed E-state index contributed by atoms with van der Waals surface area (Å²) in [6.07, 6.45) is 2.83. The van der Waals surface area contributed by atoms with Gasteiger partial charge >= 0.3 is 0 Å². The molecule has 0 saturated carbocycles. The summed E-state index contributed by atoms with van der Waals surface area (Å²) in [4.78, 5) is 9.18. The molecule has 9 heteroatoms. The number of nitrogens with one attached hydrogen (secondary N) is 1. The molecule has 4 aromatic rings. The maximum absolute atomic E-state index is 12.8. The van der Waals surface area contributed by atoms with Crippen molar-refractivity contribution >= 4 is 37.4 Å². The van der Waals surface area contributed by atoms with Crippen LogP contribution in [-0.4, -0.2) is 28.2 Å². The van der Waals surface area contributed by atoms with Crippen LogP contribution in [0.2, 0.25) is 0 Å². The fourth-order valence-electron chi connectivity index (χ4n) is 2.75. The Hall–Kier alpha value is -2.78. The number of thiophene rings is 1. The van der Waals surface area contributed by atoms with E-state index in [9.17, 15) is 8.42 Å². The SMILES string of the molecule is CCn1nccc1S(=O)(=O)Nc1ncnc2scc(-c3ccccc3)c12. The molecule has 0 amide bonds. The molecule has 0 fully saturated rings. The normalized spacial score (nSPS) is 11.7. The maximum atomic E-state index is 12.8. The molecule has 0 aliphatic heterocycles. The number of anilines is 1. The highest BCUT2D eigenvalue weighted by atomic mass is 32.2. The Kier molecular flexibility index (Phi) is 4.17. The molecule has 0 aliphatic carbocycles. The van der Waals surface area contributed by atoms with Crippen LogP contribution in [0, 0.1) is 0 Å². The molecule has 0 spiro atoms. The molecule has 0 unspecified atom stereocenters. The van der Waals surface area contributed by atoms with Crippen LogP contribution in [0.15, 0.2) is 59.3 Å². The first-order valence-corrected chi connectivity index (χ1v) is 10.3. The van der Waals surface area contributed by atoms with Crippen molar-refractivity contribution < 1.29 is 8.42 Å². The van der Waals surface area contributed by atoms with E-state index >= 15 is 0 Å². The molecule has 0 bridgehead atoms. The van der Waals surface area contributed by atoms with Gasteiger partial charge in [-0.2, -0.15) is 13.5 Å². The molecule has 3 heterocycles. The molecule has 132 valence electrons. The molecule has 0 aliphatic rings. The van der Waals surface area contributed by atoms with Gasteiger partial charge in [0.2, 0.25) is 0 Å². The second-order valence-corrected chi connectivity index (χ2v) is 8.00. The molecule has 3 aromatic heterocycles. The predicted octanol–water partition coefficient (Wildman–Crippen LogP) is 3.38. The summed E-state index contributed by atoms with van der Waals surface area (Å²) in [6.45, 7) is 2.29. The second-order valence-electron chi connectivity index (χ2n) is 5.51. The Morgan fingerprint density at radius 3 is 2.73 bits per heavy atom. The van der Waals surface area contributed by atoms with Crippen LogP contribution in [0.4, 0.5) is 5.82 Å². The number of sulfonamides is 1. The Morgan fingerprint density at radius 1 is 1.15 bits per heavy atom. The maximum Gasteiger partial charge on any atom is 0.280 e. The molecule has 7 nitrogen and oxygen atoms in total. The summed E-state index contributed by atoms with van der Waals surface area (Å²) in [5.41, 5.74) is 1.88. The van der Waals surface area contributed by atoms with E-state index in [4.69, 9.17) is 0 Å². The summed E-state index contributed by atoms with van der Waals surface area (Å²) in [7, 11) is -3.82. The molecule has 0 radical (unpaired) electrons. The number of fused-ring (bicyclic) bond motifs is 1. The summed E-state index contributed by atoms with van der Waals surface area (Å²) in [5.74, 6) is 0.263. The Labute approximate surface area is 154 Å². The smallest absolute Gasteiger partial charge is 0.261 e. The van der Waals surface area contributed by atoms with E-state index < -0.39 is 10.0 Å². The van der Waals surface area contributed by atoms with Gasteiger partial charge in [-0.3, -0.25) is 9.40 Å². The van der Waals surface area contributed by atoms with Gasteiger partial charge in [-0.1, -0.05) is 30.3 Å². The molecular formula is C17H15N5O2S2. The third-order valence-corrected chi connectivity index (χ3v) is 6.18. The topological polar surface area (TPSA) is 89.8 Å². The number of hydrogen-bond acceptors (Lipinski definition) is 6. The lowest BCUT2D eigenvalue weighted by atomic mass is 10.1. The van der Waals surface area contributed by atoms with E-state index in [1.165, 1.54) is 34.6 Å².